The van der Waals surface area contributed by atoms with Gasteiger partial charge in [0, 0.05) is 0 Å². The molecule has 0 radical (unpaired) electrons. The summed E-state index contributed by atoms with van der Waals surface area (Å²) in [4.78, 5) is 10.2. The number of aliphatic carboxylic acids is 1. The van der Waals surface area contributed by atoms with Gasteiger partial charge in [0.25, 0.3) is 0 Å². The topological polar surface area (TPSA) is 149 Å². The molecule has 0 amide bonds. The maximum atomic E-state index is 10.2. The number of carboxylic acid groups (broad SMARTS) is 1. The highest BCUT2D eigenvalue weighted by atomic mass is 16.4. The minimum atomic E-state index is -1.77. The van der Waals surface area contributed by atoms with E-state index < -0.39 is 36.9 Å². The van der Waals surface area contributed by atoms with Gasteiger partial charge < -0.3 is 36.1 Å². The van der Waals surface area contributed by atoms with E-state index in [1.54, 1.807) is 0 Å². The van der Waals surface area contributed by atoms with Crippen molar-refractivity contribution in [3.63, 3.8) is 0 Å². The largest absolute Gasteiger partial charge is 0.544 e. The maximum Gasteiger partial charge on any atom is 0.153 e. The first kappa shape index (κ1) is 12.3. The van der Waals surface area contributed by atoms with Gasteiger partial charge in [0.15, 0.2) is 6.04 Å². The van der Waals surface area contributed by atoms with E-state index in [-0.39, 0.29) is 0 Å². The third kappa shape index (κ3) is 3.25. The van der Waals surface area contributed by atoms with E-state index >= 15 is 0 Å². The Morgan fingerprint density at radius 1 is 1.31 bits per heavy atom. The molecule has 0 unspecified atom stereocenters. The number of carbonyl (C=O) groups is 1. The van der Waals surface area contributed by atoms with E-state index in [0.717, 1.165) is 0 Å². The number of aliphatic hydroxyl groups excluding tert-OH is 4. The van der Waals surface area contributed by atoms with Crippen molar-refractivity contribution < 1.29 is 36.1 Å². The van der Waals surface area contributed by atoms with E-state index in [1.165, 1.54) is 0 Å². The van der Waals surface area contributed by atoms with Crippen LogP contribution in [-0.4, -0.2) is 57.4 Å². The third-order valence-electron chi connectivity index (χ3n) is 1.65. The number of quaternary nitrogens is 1. The summed E-state index contributed by atoms with van der Waals surface area (Å²) in [7, 11) is 0. The van der Waals surface area contributed by atoms with E-state index in [0.29, 0.717) is 0 Å². The lowest BCUT2D eigenvalue weighted by atomic mass is 10.0. The lowest BCUT2D eigenvalue weighted by Gasteiger charge is -2.24. The molecular weight excluding hydrogens is 182 g/mol. The van der Waals surface area contributed by atoms with Crippen molar-refractivity contribution in [1.82, 2.24) is 0 Å². The maximum absolute atomic E-state index is 10.2. The molecule has 7 nitrogen and oxygen atoms in total. The number of aliphatic hydroxyl groups is 4. The molecule has 0 aliphatic rings. The predicted molar refractivity (Wildman–Crippen MR) is 36.8 cm³/mol. The molecule has 0 aromatic heterocycles. The number of rotatable bonds is 5. The Balaban J connectivity index is 4.24. The molecule has 0 rings (SSSR count). The Morgan fingerprint density at radius 3 is 2.08 bits per heavy atom. The van der Waals surface area contributed by atoms with Crippen LogP contribution < -0.4 is 10.8 Å². The Hall–Kier alpha value is -0.730. The first-order chi connectivity index (χ1) is 5.91. The molecule has 0 fully saturated rings. The van der Waals surface area contributed by atoms with Gasteiger partial charge in [0.05, 0.1) is 6.61 Å². The van der Waals surface area contributed by atoms with Crippen molar-refractivity contribution in [2.24, 2.45) is 0 Å². The Bertz CT molecular complexity index is 175. The summed E-state index contributed by atoms with van der Waals surface area (Å²) in [6.45, 7) is -0.780. The summed E-state index contributed by atoms with van der Waals surface area (Å²) >= 11 is 0. The molecular formula is C6H13NO6. The SMILES string of the molecule is [NH3+][C@H](C(=O)[O-])[C@H](O)[C@@H](O)[C@@H](O)CO. The Labute approximate surface area is 74.0 Å². The van der Waals surface area contributed by atoms with Crippen LogP contribution in [0.5, 0.6) is 0 Å². The lowest BCUT2D eigenvalue weighted by Crippen LogP contribution is -2.75. The molecule has 0 spiro atoms. The zero-order chi connectivity index (χ0) is 10.6. The second kappa shape index (κ2) is 5.10. The van der Waals surface area contributed by atoms with Crippen molar-refractivity contribution in [1.29, 1.82) is 0 Å². The molecule has 0 aliphatic carbocycles. The molecule has 7 N–H and O–H groups in total. The summed E-state index contributed by atoms with van der Waals surface area (Å²) in [5, 5.41) is 45.4. The van der Waals surface area contributed by atoms with Crippen LogP contribution in [0.4, 0.5) is 0 Å². The zero-order valence-corrected chi connectivity index (χ0v) is 6.83. The second-order valence-corrected chi connectivity index (χ2v) is 2.66. The van der Waals surface area contributed by atoms with Gasteiger partial charge in [-0.25, -0.2) is 0 Å². The fourth-order valence-electron chi connectivity index (χ4n) is 0.713. The summed E-state index contributed by atoms with van der Waals surface area (Å²) in [5.74, 6) is -1.64. The van der Waals surface area contributed by atoms with E-state index in [2.05, 4.69) is 5.73 Å². The van der Waals surface area contributed by atoms with Crippen LogP contribution in [0.2, 0.25) is 0 Å². The van der Waals surface area contributed by atoms with Gasteiger partial charge in [-0.05, 0) is 0 Å². The molecule has 78 valence electrons. The first-order valence-corrected chi connectivity index (χ1v) is 3.60. The van der Waals surface area contributed by atoms with Crippen LogP contribution >= 0.6 is 0 Å². The molecule has 0 saturated heterocycles. The number of carbonyl (C=O) groups excluding carboxylic acids is 1. The minimum absolute atomic E-state index is 0.780. The molecule has 13 heavy (non-hydrogen) atoms. The van der Waals surface area contributed by atoms with Crippen molar-refractivity contribution in [2.45, 2.75) is 24.4 Å². The van der Waals surface area contributed by atoms with Gasteiger partial charge in [-0.15, -0.1) is 0 Å². The third-order valence-corrected chi connectivity index (χ3v) is 1.65. The van der Waals surface area contributed by atoms with Gasteiger partial charge in [0.1, 0.15) is 24.3 Å². The van der Waals surface area contributed by atoms with Gasteiger partial charge in [-0.1, -0.05) is 0 Å². The zero-order valence-electron chi connectivity index (χ0n) is 6.83. The quantitative estimate of drug-likeness (QED) is 0.295. The van der Waals surface area contributed by atoms with E-state index in [4.69, 9.17) is 20.4 Å². The summed E-state index contributed by atoms with van der Waals surface area (Å²) in [6, 6.07) is -1.56. The van der Waals surface area contributed by atoms with Gasteiger partial charge in [-0.2, -0.15) is 0 Å². The molecule has 0 aromatic rings. The Morgan fingerprint density at radius 2 is 1.77 bits per heavy atom. The highest BCUT2D eigenvalue weighted by molar-refractivity contribution is 5.70. The van der Waals surface area contributed by atoms with Crippen LogP contribution in [0.15, 0.2) is 0 Å². The van der Waals surface area contributed by atoms with E-state index in [1.807, 2.05) is 0 Å². The van der Waals surface area contributed by atoms with Crippen LogP contribution in [0.3, 0.4) is 0 Å². The van der Waals surface area contributed by atoms with Crippen molar-refractivity contribution in [3.05, 3.63) is 0 Å². The average molecular weight is 195 g/mol. The molecule has 0 heterocycles. The highest BCUT2D eigenvalue weighted by Gasteiger charge is 2.31. The highest BCUT2D eigenvalue weighted by Crippen LogP contribution is 2.01. The standard InChI is InChI=1S/C6H13NO6/c7-3(6(12)13)5(11)4(10)2(9)1-8/h2-5,8-11H,1,7H2,(H,12,13)/t2-,3-,4-,5-/m0/s1. The molecule has 4 atom stereocenters. The molecule has 0 saturated carbocycles. The number of carboxylic acids is 1. The minimum Gasteiger partial charge on any atom is -0.544 e. The fourth-order valence-corrected chi connectivity index (χ4v) is 0.713. The summed E-state index contributed by atoms with van der Waals surface area (Å²) in [6.07, 6.45) is -5.13. The molecule has 7 heteroatoms. The normalized spacial score (nSPS) is 20.4. The monoisotopic (exact) mass is 195 g/mol. The lowest BCUT2D eigenvalue weighted by molar-refractivity contribution is -0.456. The van der Waals surface area contributed by atoms with Crippen LogP contribution in [0.1, 0.15) is 0 Å². The number of hydrogen-bond acceptors (Lipinski definition) is 6. The molecule has 0 bridgehead atoms. The van der Waals surface area contributed by atoms with Crippen LogP contribution in [-0.2, 0) is 4.79 Å². The summed E-state index contributed by atoms with van der Waals surface area (Å²) in [5.41, 5.74) is 3.01. The Kier molecular flexibility index (Phi) is 4.81. The average Bonchev–Trinajstić information content (AvgIpc) is 2.12. The van der Waals surface area contributed by atoms with Crippen molar-refractivity contribution in [3.8, 4) is 0 Å². The molecule has 0 aliphatic heterocycles. The smallest absolute Gasteiger partial charge is 0.153 e. The number of hydrogen-bond donors (Lipinski definition) is 5. The molecule has 0 aromatic carbocycles. The fraction of sp³-hybridized carbons (Fsp3) is 0.833. The second-order valence-electron chi connectivity index (χ2n) is 2.66. The summed E-state index contributed by atoms with van der Waals surface area (Å²) < 4.78 is 0. The van der Waals surface area contributed by atoms with Crippen LogP contribution in [0, 0.1) is 0 Å². The van der Waals surface area contributed by atoms with Crippen molar-refractivity contribution >= 4 is 5.97 Å². The predicted octanol–water partition coefficient (Wildman–Crippen LogP) is -5.58. The van der Waals surface area contributed by atoms with Crippen molar-refractivity contribution in [2.75, 3.05) is 6.61 Å². The van der Waals surface area contributed by atoms with E-state index in [9.17, 15) is 9.90 Å². The van der Waals surface area contributed by atoms with Gasteiger partial charge >= 0.3 is 0 Å². The van der Waals surface area contributed by atoms with Gasteiger partial charge in [-0.3, -0.25) is 0 Å². The van der Waals surface area contributed by atoms with Crippen LogP contribution in [0.25, 0.3) is 0 Å². The first-order valence-electron chi connectivity index (χ1n) is 3.60. The van der Waals surface area contributed by atoms with Gasteiger partial charge in [0.2, 0.25) is 0 Å².